The van der Waals surface area contributed by atoms with Crippen LogP contribution in [0.4, 0.5) is 0 Å². The van der Waals surface area contributed by atoms with E-state index in [0.717, 1.165) is 31.8 Å². The molecule has 1 aromatic heterocycles. The fraction of sp³-hybridized carbons (Fsp3) is 0. The second-order valence-electron chi connectivity index (χ2n) is 6.65. The zero-order chi connectivity index (χ0) is 18.2. The lowest BCUT2D eigenvalue weighted by atomic mass is 9.99. The van der Waals surface area contributed by atoms with E-state index in [4.69, 9.17) is 4.98 Å². The number of pyridine rings is 1. The van der Waals surface area contributed by atoms with Crippen molar-refractivity contribution in [1.82, 2.24) is 4.98 Å². The largest absolute Gasteiger partial charge is 0.247 e. The molecule has 0 fully saturated rings. The first-order chi connectivity index (χ1) is 13.3. The summed E-state index contributed by atoms with van der Waals surface area (Å²) < 4.78 is 1.07. The van der Waals surface area contributed by atoms with Crippen molar-refractivity contribution < 1.29 is 0 Å². The molecule has 0 atom stereocenters. The molecule has 0 unspecified atom stereocenters. The smallest absolute Gasteiger partial charge is 0.0788 e. The van der Waals surface area contributed by atoms with Gasteiger partial charge in [-0.1, -0.05) is 88.7 Å². The summed E-state index contributed by atoms with van der Waals surface area (Å²) in [6.45, 7) is 0. The van der Waals surface area contributed by atoms with Crippen molar-refractivity contribution in [3.63, 3.8) is 0 Å². The maximum atomic E-state index is 5.06. The second-order valence-corrected chi connectivity index (χ2v) is 7.57. The Bertz CT molecular complexity index is 1260. The predicted octanol–water partition coefficient (Wildman–Crippen LogP) is 7.48. The van der Waals surface area contributed by atoms with E-state index in [1.807, 2.05) is 12.1 Å². The van der Waals surface area contributed by atoms with Gasteiger partial charge in [0, 0.05) is 20.8 Å². The van der Waals surface area contributed by atoms with E-state index in [1.165, 1.54) is 16.7 Å². The van der Waals surface area contributed by atoms with Crippen LogP contribution < -0.4 is 0 Å². The van der Waals surface area contributed by atoms with Crippen LogP contribution in [0.2, 0.25) is 0 Å². The van der Waals surface area contributed by atoms with Crippen LogP contribution in [0.3, 0.4) is 0 Å². The van der Waals surface area contributed by atoms with Crippen molar-refractivity contribution in [2.45, 2.75) is 0 Å². The molecule has 0 aliphatic carbocycles. The highest BCUT2D eigenvalue weighted by Gasteiger charge is 2.09. The molecule has 0 aliphatic heterocycles. The number of hydrogen-bond acceptors (Lipinski definition) is 1. The van der Waals surface area contributed by atoms with Crippen LogP contribution in [0.25, 0.3) is 44.1 Å². The van der Waals surface area contributed by atoms with Crippen LogP contribution in [0.1, 0.15) is 0 Å². The second kappa shape index (κ2) is 6.64. The number of hydrogen-bond donors (Lipinski definition) is 0. The van der Waals surface area contributed by atoms with Gasteiger partial charge in [-0.3, -0.25) is 0 Å². The van der Waals surface area contributed by atoms with Crippen LogP contribution in [0.5, 0.6) is 0 Å². The standard InChI is InChI=1S/C25H16BrN/c26-22-14-21-13-20-12-11-19(17-7-3-1-4-8-17)15-24(20)27-25(21)23(16-22)18-9-5-2-6-10-18/h1-16H. The summed E-state index contributed by atoms with van der Waals surface area (Å²) in [5, 5.41) is 2.29. The Morgan fingerprint density at radius 2 is 1.26 bits per heavy atom. The van der Waals surface area contributed by atoms with Crippen LogP contribution in [0.15, 0.2) is 102 Å². The molecule has 4 aromatic carbocycles. The molecule has 5 aromatic rings. The van der Waals surface area contributed by atoms with Gasteiger partial charge in [0.2, 0.25) is 0 Å². The van der Waals surface area contributed by atoms with Crippen molar-refractivity contribution >= 4 is 37.7 Å². The average molecular weight is 410 g/mol. The normalized spacial score (nSPS) is 11.1. The number of rotatable bonds is 2. The van der Waals surface area contributed by atoms with E-state index < -0.39 is 0 Å². The van der Waals surface area contributed by atoms with E-state index in [2.05, 4.69) is 101 Å². The molecule has 1 nitrogen and oxygen atoms in total. The molecule has 0 amide bonds. The lowest BCUT2D eigenvalue weighted by Crippen LogP contribution is -1.88. The average Bonchev–Trinajstić information content (AvgIpc) is 2.73. The maximum Gasteiger partial charge on any atom is 0.0788 e. The first-order valence-electron chi connectivity index (χ1n) is 8.93. The highest BCUT2D eigenvalue weighted by molar-refractivity contribution is 9.10. The van der Waals surface area contributed by atoms with Gasteiger partial charge < -0.3 is 0 Å². The van der Waals surface area contributed by atoms with Gasteiger partial charge in [0.15, 0.2) is 0 Å². The number of aromatic nitrogens is 1. The quantitative estimate of drug-likeness (QED) is 0.275. The summed E-state index contributed by atoms with van der Waals surface area (Å²) in [5.74, 6) is 0. The number of benzene rings is 4. The van der Waals surface area contributed by atoms with Crippen LogP contribution in [-0.4, -0.2) is 4.98 Å². The molecule has 0 saturated carbocycles. The van der Waals surface area contributed by atoms with Crippen molar-refractivity contribution in [1.29, 1.82) is 0 Å². The zero-order valence-electron chi connectivity index (χ0n) is 14.6. The van der Waals surface area contributed by atoms with E-state index in [1.54, 1.807) is 0 Å². The van der Waals surface area contributed by atoms with Gasteiger partial charge in [-0.2, -0.15) is 0 Å². The molecule has 1 heterocycles. The van der Waals surface area contributed by atoms with E-state index in [-0.39, 0.29) is 0 Å². The predicted molar refractivity (Wildman–Crippen MR) is 118 cm³/mol. The minimum absolute atomic E-state index is 1.02. The van der Waals surface area contributed by atoms with Gasteiger partial charge in [0.05, 0.1) is 11.0 Å². The van der Waals surface area contributed by atoms with Crippen molar-refractivity contribution in [3.05, 3.63) is 102 Å². The van der Waals surface area contributed by atoms with Crippen molar-refractivity contribution in [2.24, 2.45) is 0 Å². The number of halogens is 1. The first-order valence-corrected chi connectivity index (χ1v) is 9.72. The van der Waals surface area contributed by atoms with E-state index in [9.17, 15) is 0 Å². The Kier molecular flexibility index (Phi) is 3.99. The van der Waals surface area contributed by atoms with Gasteiger partial charge in [-0.15, -0.1) is 0 Å². The van der Waals surface area contributed by atoms with Crippen LogP contribution in [-0.2, 0) is 0 Å². The summed E-state index contributed by atoms with van der Waals surface area (Å²) in [6.07, 6.45) is 0. The lowest BCUT2D eigenvalue weighted by Gasteiger charge is -2.10. The molecule has 5 rings (SSSR count). The number of nitrogens with zero attached hydrogens (tertiary/aromatic N) is 1. The third-order valence-electron chi connectivity index (χ3n) is 4.87. The minimum Gasteiger partial charge on any atom is -0.247 e. The summed E-state index contributed by atoms with van der Waals surface area (Å²) in [5.41, 5.74) is 6.76. The molecule has 0 spiro atoms. The highest BCUT2D eigenvalue weighted by atomic mass is 79.9. The molecule has 128 valence electrons. The maximum absolute atomic E-state index is 5.06. The SMILES string of the molecule is Brc1cc(-c2ccccc2)c2nc3cc(-c4ccccc4)ccc3cc2c1. The van der Waals surface area contributed by atoms with Gasteiger partial charge in [-0.05, 0) is 41.0 Å². The molecule has 0 radical (unpaired) electrons. The Labute approximate surface area is 166 Å². The molecule has 0 aliphatic rings. The fourth-order valence-corrected chi connectivity index (χ4v) is 4.03. The summed E-state index contributed by atoms with van der Waals surface area (Å²) in [4.78, 5) is 5.06. The van der Waals surface area contributed by atoms with Crippen LogP contribution in [0, 0.1) is 0 Å². The fourth-order valence-electron chi connectivity index (χ4n) is 3.55. The van der Waals surface area contributed by atoms with E-state index in [0.29, 0.717) is 0 Å². The lowest BCUT2D eigenvalue weighted by molar-refractivity contribution is 1.48. The molecule has 27 heavy (non-hydrogen) atoms. The Balaban J connectivity index is 1.78. The summed E-state index contributed by atoms with van der Waals surface area (Å²) in [7, 11) is 0. The van der Waals surface area contributed by atoms with Crippen LogP contribution >= 0.6 is 15.9 Å². The van der Waals surface area contributed by atoms with Gasteiger partial charge in [0.25, 0.3) is 0 Å². The Hall–Kier alpha value is -2.97. The minimum atomic E-state index is 1.02. The third-order valence-corrected chi connectivity index (χ3v) is 5.33. The molecular weight excluding hydrogens is 394 g/mol. The van der Waals surface area contributed by atoms with Gasteiger partial charge in [-0.25, -0.2) is 4.98 Å². The first kappa shape index (κ1) is 16.2. The summed E-state index contributed by atoms with van der Waals surface area (Å²) >= 11 is 3.66. The van der Waals surface area contributed by atoms with Gasteiger partial charge in [0.1, 0.15) is 0 Å². The monoisotopic (exact) mass is 409 g/mol. The van der Waals surface area contributed by atoms with Gasteiger partial charge >= 0.3 is 0 Å². The molecule has 2 heteroatoms. The third kappa shape index (κ3) is 3.02. The zero-order valence-corrected chi connectivity index (χ0v) is 16.1. The van der Waals surface area contributed by atoms with E-state index >= 15 is 0 Å². The molecule has 0 N–H and O–H groups in total. The molecule has 0 saturated heterocycles. The highest BCUT2D eigenvalue weighted by Crippen LogP contribution is 2.33. The number of fused-ring (bicyclic) bond motifs is 2. The summed E-state index contributed by atoms with van der Waals surface area (Å²) in [6, 6.07) is 33.9. The topological polar surface area (TPSA) is 12.9 Å². The Morgan fingerprint density at radius 3 is 2.00 bits per heavy atom. The van der Waals surface area contributed by atoms with Crippen molar-refractivity contribution in [2.75, 3.05) is 0 Å². The van der Waals surface area contributed by atoms with Crippen molar-refractivity contribution in [3.8, 4) is 22.3 Å². The molecular formula is C25H16BrN. The molecule has 0 bridgehead atoms. The Morgan fingerprint density at radius 1 is 0.556 bits per heavy atom.